The van der Waals surface area contributed by atoms with Crippen molar-refractivity contribution in [3.63, 3.8) is 0 Å². The van der Waals surface area contributed by atoms with E-state index in [1.165, 1.54) is 11.3 Å². The van der Waals surface area contributed by atoms with Crippen LogP contribution in [0.3, 0.4) is 0 Å². The number of nitrogens with one attached hydrogen (secondary N) is 1. The predicted molar refractivity (Wildman–Crippen MR) is 97.3 cm³/mol. The topological polar surface area (TPSA) is 55.4 Å². The minimum Gasteiger partial charge on any atom is -0.451 e. The third-order valence-corrected chi connectivity index (χ3v) is 4.57. The van der Waals surface area contributed by atoms with Gasteiger partial charge in [-0.05, 0) is 37.3 Å². The fourth-order valence-electron chi connectivity index (χ4n) is 2.45. The fourth-order valence-corrected chi connectivity index (χ4v) is 3.25. The number of esters is 1. The van der Waals surface area contributed by atoms with Crippen LogP contribution >= 0.6 is 11.3 Å². The molecule has 24 heavy (non-hydrogen) atoms. The van der Waals surface area contributed by atoms with Crippen molar-refractivity contribution in [3.8, 4) is 11.1 Å². The van der Waals surface area contributed by atoms with Gasteiger partial charge in [0.2, 0.25) is 0 Å². The Labute approximate surface area is 146 Å². The molecule has 1 amide bonds. The third kappa shape index (κ3) is 4.93. The number of hydrogen-bond acceptors (Lipinski definition) is 4. The molecule has 2 rings (SSSR count). The highest BCUT2D eigenvalue weighted by atomic mass is 32.1. The summed E-state index contributed by atoms with van der Waals surface area (Å²) in [6.45, 7) is 5.77. The maximum absolute atomic E-state index is 12.3. The zero-order valence-electron chi connectivity index (χ0n) is 14.3. The number of rotatable bonds is 7. The van der Waals surface area contributed by atoms with Gasteiger partial charge in [-0.2, -0.15) is 0 Å². The van der Waals surface area contributed by atoms with Crippen molar-refractivity contribution in [2.45, 2.75) is 39.7 Å². The first-order valence-electron chi connectivity index (χ1n) is 8.12. The van der Waals surface area contributed by atoms with Gasteiger partial charge >= 0.3 is 5.97 Å². The van der Waals surface area contributed by atoms with Crippen LogP contribution in [0, 0.1) is 6.92 Å². The zero-order chi connectivity index (χ0) is 17.5. The molecule has 5 heteroatoms. The van der Waals surface area contributed by atoms with Crippen LogP contribution in [0.15, 0.2) is 35.7 Å². The molecule has 1 atom stereocenters. The van der Waals surface area contributed by atoms with Crippen LogP contribution in [-0.4, -0.2) is 24.5 Å². The van der Waals surface area contributed by atoms with Crippen LogP contribution in [0.5, 0.6) is 0 Å². The molecular weight excluding hydrogens is 322 g/mol. The highest BCUT2D eigenvalue weighted by molar-refractivity contribution is 7.12. The van der Waals surface area contributed by atoms with E-state index >= 15 is 0 Å². The van der Waals surface area contributed by atoms with Crippen molar-refractivity contribution in [2.24, 2.45) is 0 Å². The number of aryl methyl sites for hydroxylation is 1. The molecule has 0 aliphatic rings. The van der Waals surface area contributed by atoms with Crippen molar-refractivity contribution in [2.75, 3.05) is 6.61 Å². The van der Waals surface area contributed by atoms with Crippen molar-refractivity contribution < 1.29 is 14.3 Å². The average molecular weight is 345 g/mol. The second-order valence-electron chi connectivity index (χ2n) is 5.86. The van der Waals surface area contributed by atoms with Crippen molar-refractivity contribution in [1.29, 1.82) is 0 Å². The van der Waals surface area contributed by atoms with Crippen molar-refractivity contribution in [1.82, 2.24) is 5.32 Å². The number of benzene rings is 1. The van der Waals surface area contributed by atoms with Gasteiger partial charge in [0.1, 0.15) is 4.88 Å². The first-order chi connectivity index (χ1) is 11.5. The van der Waals surface area contributed by atoms with Gasteiger partial charge < -0.3 is 10.1 Å². The molecule has 0 fully saturated rings. The third-order valence-electron chi connectivity index (χ3n) is 3.68. The van der Waals surface area contributed by atoms with E-state index in [1.54, 1.807) is 0 Å². The summed E-state index contributed by atoms with van der Waals surface area (Å²) in [7, 11) is 0. The molecule has 0 saturated carbocycles. The van der Waals surface area contributed by atoms with E-state index in [0.29, 0.717) is 4.88 Å². The van der Waals surface area contributed by atoms with Gasteiger partial charge in [0.05, 0.1) is 0 Å². The smallest absolute Gasteiger partial charge is 0.349 e. The van der Waals surface area contributed by atoms with E-state index in [4.69, 9.17) is 4.74 Å². The Bertz CT molecular complexity index is 691. The van der Waals surface area contributed by atoms with E-state index in [0.717, 1.165) is 29.5 Å². The first kappa shape index (κ1) is 18.2. The SMILES string of the molecule is CCC[C@H](C)NC(=O)COC(=O)c1sccc1-c1ccc(C)cc1. The number of carbonyl (C=O) groups excluding carboxylic acids is 2. The van der Waals surface area contributed by atoms with Crippen LogP contribution in [0.2, 0.25) is 0 Å². The lowest BCUT2D eigenvalue weighted by molar-refractivity contribution is -0.124. The molecule has 0 saturated heterocycles. The van der Waals surface area contributed by atoms with Crippen LogP contribution in [0.1, 0.15) is 41.9 Å². The lowest BCUT2D eigenvalue weighted by Crippen LogP contribution is -2.35. The molecule has 0 spiro atoms. The minimum atomic E-state index is -0.459. The Morgan fingerprint density at radius 1 is 1.21 bits per heavy atom. The second kappa shape index (κ2) is 8.64. The van der Waals surface area contributed by atoms with Crippen LogP contribution in [-0.2, 0) is 9.53 Å². The molecule has 4 nitrogen and oxygen atoms in total. The number of ether oxygens (including phenoxy) is 1. The average Bonchev–Trinajstić information content (AvgIpc) is 3.03. The van der Waals surface area contributed by atoms with Crippen LogP contribution < -0.4 is 5.32 Å². The molecule has 2 aromatic rings. The molecule has 1 heterocycles. The Hall–Kier alpha value is -2.14. The summed E-state index contributed by atoms with van der Waals surface area (Å²) in [5.41, 5.74) is 2.97. The van der Waals surface area contributed by atoms with Gasteiger partial charge in [-0.25, -0.2) is 4.79 Å². The molecule has 128 valence electrons. The lowest BCUT2D eigenvalue weighted by Gasteiger charge is -2.12. The molecule has 0 radical (unpaired) electrons. The number of thiophene rings is 1. The highest BCUT2D eigenvalue weighted by Gasteiger charge is 2.17. The summed E-state index contributed by atoms with van der Waals surface area (Å²) in [4.78, 5) is 24.6. The predicted octanol–water partition coefficient (Wildman–Crippen LogP) is 4.19. The van der Waals surface area contributed by atoms with E-state index in [9.17, 15) is 9.59 Å². The van der Waals surface area contributed by atoms with Gasteiger partial charge in [0.25, 0.3) is 5.91 Å². The quantitative estimate of drug-likeness (QED) is 0.766. The Kier molecular flexibility index (Phi) is 6.55. The molecule has 0 aliphatic carbocycles. The highest BCUT2D eigenvalue weighted by Crippen LogP contribution is 2.29. The van der Waals surface area contributed by atoms with Crippen molar-refractivity contribution >= 4 is 23.2 Å². The summed E-state index contributed by atoms with van der Waals surface area (Å²) in [5, 5.41) is 4.68. The Morgan fingerprint density at radius 2 is 1.92 bits per heavy atom. The van der Waals surface area contributed by atoms with E-state index in [-0.39, 0.29) is 18.6 Å². The second-order valence-corrected chi connectivity index (χ2v) is 6.78. The summed E-state index contributed by atoms with van der Waals surface area (Å²) in [6.07, 6.45) is 1.90. The summed E-state index contributed by atoms with van der Waals surface area (Å²) in [6, 6.07) is 9.96. The molecule has 1 N–H and O–H groups in total. The van der Waals surface area contributed by atoms with Crippen molar-refractivity contribution in [3.05, 3.63) is 46.2 Å². The van der Waals surface area contributed by atoms with Gasteiger partial charge in [-0.15, -0.1) is 11.3 Å². The zero-order valence-corrected chi connectivity index (χ0v) is 15.1. The minimum absolute atomic E-state index is 0.0889. The molecule has 0 unspecified atom stereocenters. The maximum atomic E-state index is 12.3. The number of amides is 1. The fraction of sp³-hybridized carbons (Fsp3) is 0.368. The van der Waals surface area contributed by atoms with E-state index in [2.05, 4.69) is 12.2 Å². The molecule has 0 bridgehead atoms. The Balaban J connectivity index is 1.97. The normalized spacial score (nSPS) is 11.8. The summed E-state index contributed by atoms with van der Waals surface area (Å²) >= 11 is 1.32. The first-order valence-corrected chi connectivity index (χ1v) is 9.00. The van der Waals surface area contributed by atoms with E-state index < -0.39 is 5.97 Å². The van der Waals surface area contributed by atoms with Crippen LogP contribution in [0.25, 0.3) is 11.1 Å². The number of carbonyl (C=O) groups is 2. The summed E-state index contributed by atoms with van der Waals surface area (Å²) in [5.74, 6) is -0.725. The molecule has 1 aromatic heterocycles. The molecular formula is C19H23NO3S. The molecule has 0 aliphatic heterocycles. The monoisotopic (exact) mass is 345 g/mol. The van der Waals surface area contributed by atoms with Gasteiger partial charge in [-0.1, -0.05) is 43.2 Å². The van der Waals surface area contributed by atoms with Crippen LogP contribution in [0.4, 0.5) is 0 Å². The summed E-state index contributed by atoms with van der Waals surface area (Å²) < 4.78 is 5.17. The maximum Gasteiger partial charge on any atom is 0.349 e. The van der Waals surface area contributed by atoms with E-state index in [1.807, 2.05) is 49.6 Å². The Morgan fingerprint density at radius 3 is 2.58 bits per heavy atom. The standard InChI is InChI=1S/C19H23NO3S/c1-4-5-14(3)20-17(21)12-23-19(22)18-16(10-11-24-18)15-8-6-13(2)7-9-15/h6-11,14H,4-5,12H2,1-3H3,(H,20,21)/t14-/m0/s1. The largest absolute Gasteiger partial charge is 0.451 e. The lowest BCUT2D eigenvalue weighted by atomic mass is 10.1. The van der Waals surface area contributed by atoms with Gasteiger partial charge in [0.15, 0.2) is 6.61 Å². The number of hydrogen-bond donors (Lipinski definition) is 1. The van der Waals surface area contributed by atoms with Gasteiger partial charge in [0, 0.05) is 11.6 Å². The van der Waals surface area contributed by atoms with Gasteiger partial charge in [-0.3, -0.25) is 4.79 Å². The molecule has 1 aromatic carbocycles.